The Hall–Kier alpha value is -2.92. The van der Waals surface area contributed by atoms with E-state index in [4.69, 9.17) is 11.6 Å². The molecule has 0 radical (unpaired) electrons. The van der Waals surface area contributed by atoms with Crippen molar-refractivity contribution in [1.82, 2.24) is 9.97 Å². The van der Waals surface area contributed by atoms with Gasteiger partial charge in [-0.2, -0.15) is 0 Å². The molecule has 3 aromatic rings. The molecular formula is C18H15ClN4O. The second kappa shape index (κ2) is 7.10. The van der Waals surface area contributed by atoms with E-state index >= 15 is 0 Å². The molecule has 3 rings (SSSR count). The lowest BCUT2D eigenvalue weighted by atomic mass is 10.2. The summed E-state index contributed by atoms with van der Waals surface area (Å²) in [4.78, 5) is 20.7. The quantitative estimate of drug-likeness (QED) is 0.738. The van der Waals surface area contributed by atoms with Crippen LogP contribution in [0.5, 0.6) is 0 Å². The van der Waals surface area contributed by atoms with Crippen LogP contribution in [0.25, 0.3) is 0 Å². The lowest BCUT2D eigenvalue weighted by Gasteiger charge is -2.08. The highest BCUT2D eigenvalue weighted by Gasteiger charge is 2.11. The maximum Gasteiger partial charge on any atom is 0.274 e. The first-order chi connectivity index (χ1) is 11.6. The average molecular weight is 339 g/mol. The Labute approximate surface area is 144 Å². The average Bonchev–Trinajstić information content (AvgIpc) is 2.59. The molecule has 1 amide bonds. The predicted octanol–water partition coefficient (Wildman–Crippen LogP) is 4.43. The van der Waals surface area contributed by atoms with Crippen molar-refractivity contribution in [2.24, 2.45) is 0 Å². The summed E-state index contributed by atoms with van der Waals surface area (Å²) in [7, 11) is 0. The molecule has 0 aliphatic heterocycles. The third kappa shape index (κ3) is 3.88. The number of halogens is 1. The molecule has 0 aliphatic rings. The highest BCUT2D eigenvalue weighted by atomic mass is 35.5. The van der Waals surface area contributed by atoms with E-state index < -0.39 is 0 Å². The van der Waals surface area contributed by atoms with Crippen LogP contribution in [-0.2, 0) is 0 Å². The number of para-hydroxylation sites is 1. The summed E-state index contributed by atoms with van der Waals surface area (Å²) >= 11 is 6.05. The van der Waals surface area contributed by atoms with Crippen LogP contribution in [0.2, 0.25) is 5.02 Å². The zero-order valence-electron chi connectivity index (χ0n) is 13.0. The molecule has 6 heteroatoms. The van der Waals surface area contributed by atoms with Crippen LogP contribution >= 0.6 is 11.6 Å². The third-order valence-corrected chi connectivity index (χ3v) is 3.65. The van der Waals surface area contributed by atoms with Gasteiger partial charge >= 0.3 is 0 Å². The van der Waals surface area contributed by atoms with Crippen LogP contribution < -0.4 is 10.6 Å². The van der Waals surface area contributed by atoms with Crippen molar-refractivity contribution < 1.29 is 4.79 Å². The monoisotopic (exact) mass is 338 g/mol. The van der Waals surface area contributed by atoms with Gasteiger partial charge in [0.1, 0.15) is 5.69 Å². The van der Waals surface area contributed by atoms with E-state index in [1.165, 1.54) is 6.20 Å². The van der Waals surface area contributed by atoms with Crippen molar-refractivity contribution in [3.05, 3.63) is 77.1 Å². The maximum atomic E-state index is 12.3. The fraction of sp³-hybridized carbons (Fsp3) is 0.0556. The van der Waals surface area contributed by atoms with Crippen molar-refractivity contribution in [3.63, 3.8) is 0 Å². The van der Waals surface area contributed by atoms with Gasteiger partial charge in [0.05, 0.1) is 10.7 Å². The normalized spacial score (nSPS) is 10.2. The lowest BCUT2D eigenvalue weighted by molar-refractivity contribution is 0.102. The standard InChI is InChI=1S/C18H15ClN4O/c1-12-6-8-13(9-7-12)21-18-20-11-10-16(23-18)17(24)22-15-5-3-2-4-14(15)19/h2-11H,1H3,(H,22,24)(H,20,21,23). The number of benzene rings is 2. The molecule has 0 bridgehead atoms. The highest BCUT2D eigenvalue weighted by molar-refractivity contribution is 6.33. The molecule has 1 aromatic heterocycles. The molecule has 24 heavy (non-hydrogen) atoms. The zero-order valence-corrected chi connectivity index (χ0v) is 13.7. The van der Waals surface area contributed by atoms with Gasteiger partial charge in [-0.1, -0.05) is 41.4 Å². The first kappa shape index (κ1) is 16.0. The number of carbonyl (C=O) groups excluding carboxylic acids is 1. The second-order valence-corrected chi connectivity index (χ2v) is 5.60. The van der Waals surface area contributed by atoms with Gasteiger partial charge in [-0.05, 0) is 37.3 Å². The Balaban J connectivity index is 1.76. The zero-order chi connectivity index (χ0) is 16.9. The van der Waals surface area contributed by atoms with E-state index in [0.717, 1.165) is 11.3 Å². The molecule has 0 unspecified atom stereocenters. The minimum Gasteiger partial charge on any atom is -0.324 e. The number of aryl methyl sites for hydroxylation is 1. The third-order valence-electron chi connectivity index (χ3n) is 3.32. The number of aromatic nitrogens is 2. The number of hydrogen-bond donors (Lipinski definition) is 2. The smallest absolute Gasteiger partial charge is 0.274 e. The van der Waals surface area contributed by atoms with Gasteiger partial charge in [-0.25, -0.2) is 9.97 Å². The summed E-state index contributed by atoms with van der Waals surface area (Å²) in [6, 6.07) is 16.4. The summed E-state index contributed by atoms with van der Waals surface area (Å²) in [5, 5.41) is 6.28. The molecule has 0 aliphatic carbocycles. The molecule has 2 aromatic carbocycles. The molecule has 1 heterocycles. The molecule has 0 spiro atoms. The lowest BCUT2D eigenvalue weighted by Crippen LogP contribution is -2.15. The fourth-order valence-electron chi connectivity index (χ4n) is 2.06. The molecule has 2 N–H and O–H groups in total. The SMILES string of the molecule is Cc1ccc(Nc2nccc(C(=O)Nc3ccccc3Cl)n2)cc1. The van der Waals surface area contributed by atoms with Gasteiger partial charge in [0, 0.05) is 11.9 Å². The van der Waals surface area contributed by atoms with E-state index in [9.17, 15) is 4.79 Å². The van der Waals surface area contributed by atoms with Crippen LogP contribution in [0.1, 0.15) is 16.1 Å². The van der Waals surface area contributed by atoms with E-state index in [-0.39, 0.29) is 11.6 Å². The van der Waals surface area contributed by atoms with E-state index in [2.05, 4.69) is 20.6 Å². The number of hydrogen-bond acceptors (Lipinski definition) is 4. The molecule has 0 fully saturated rings. The summed E-state index contributed by atoms with van der Waals surface area (Å²) in [6.07, 6.45) is 1.53. The minimum absolute atomic E-state index is 0.250. The van der Waals surface area contributed by atoms with E-state index in [1.54, 1.807) is 30.3 Å². The molecule has 0 saturated heterocycles. The van der Waals surface area contributed by atoms with Gasteiger partial charge in [-0.3, -0.25) is 4.79 Å². The molecule has 120 valence electrons. The number of rotatable bonds is 4. The van der Waals surface area contributed by atoms with Gasteiger partial charge in [0.15, 0.2) is 0 Å². The van der Waals surface area contributed by atoms with Crippen LogP contribution in [0.15, 0.2) is 60.8 Å². The maximum absolute atomic E-state index is 12.3. The predicted molar refractivity (Wildman–Crippen MR) is 95.9 cm³/mol. The van der Waals surface area contributed by atoms with Gasteiger partial charge in [0.2, 0.25) is 5.95 Å². The topological polar surface area (TPSA) is 66.9 Å². The summed E-state index contributed by atoms with van der Waals surface area (Å²) in [6.45, 7) is 2.01. The number of carbonyl (C=O) groups is 1. The van der Waals surface area contributed by atoms with Crippen molar-refractivity contribution in [1.29, 1.82) is 0 Å². The van der Waals surface area contributed by atoms with Gasteiger partial charge in [0.25, 0.3) is 5.91 Å². The minimum atomic E-state index is -0.350. The molecular weight excluding hydrogens is 324 g/mol. The Morgan fingerprint density at radius 2 is 1.79 bits per heavy atom. The van der Waals surface area contributed by atoms with Crippen molar-refractivity contribution >= 4 is 34.8 Å². The van der Waals surface area contributed by atoms with Gasteiger partial charge < -0.3 is 10.6 Å². The van der Waals surface area contributed by atoms with Crippen molar-refractivity contribution in [2.45, 2.75) is 6.92 Å². The molecule has 0 atom stereocenters. The second-order valence-electron chi connectivity index (χ2n) is 5.19. The number of nitrogens with zero attached hydrogens (tertiary/aromatic N) is 2. The highest BCUT2D eigenvalue weighted by Crippen LogP contribution is 2.21. The van der Waals surface area contributed by atoms with Crippen LogP contribution in [-0.4, -0.2) is 15.9 Å². The first-order valence-electron chi connectivity index (χ1n) is 7.34. The van der Waals surface area contributed by atoms with Crippen LogP contribution in [0.4, 0.5) is 17.3 Å². The summed E-state index contributed by atoms with van der Waals surface area (Å²) in [5.41, 5.74) is 2.80. The van der Waals surface area contributed by atoms with Crippen LogP contribution in [0, 0.1) is 6.92 Å². The Bertz CT molecular complexity index is 865. The Kier molecular flexibility index (Phi) is 4.72. The van der Waals surface area contributed by atoms with Crippen LogP contribution in [0.3, 0.4) is 0 Å². The Morgan fingerprint density at radius 3 is 2.54 bits per heavy atom. The molecule has 5 nitrogen and oxygen atoms in total. The summed E-state index contributed by atoms with van der Waals surface area (Å²) < 4.78 is 0. The number of amides is 1. The fourth-order valence-corrected chi connectivity index (χ4v) is 2.24. The van der Waals surface area contributed by atoms with Crippen molar-refractivity contribution in [2.75, 3.05) is 10.6 Å². The largest absolute Gasteiger partial charge is 0.324 e. The van der Waals surface area contributed by atoms with E-state index in [1.807, 2.05) is 31.2 Å². The first-order valence-corrected chi connectivity index (χ1v) is 7.72. The Morgan fingerprint density at radius 1 is 1.04 bits per heavy atom. The molecule has 0 saturated carbocycles. The van der Waals surface area contributed by atoms with E-state index in [0.29, 0.717) is 16.7 Å². The van der Waals surface area contributed by atoms with Gasteiger partial charge in [-0.15, -0.1) is 0 Å². The number of anilines is 3. The summed E-state index contributed by atoms with van der Waals surface area (Å²) in [5.74, 6) is 0.00289. The van der Waals surface area contributed by atoms with Crippen molar-refractivity contribution in [3.8, 4) is 0 Å². The number of nitrogens with one attached hydrogen (secondary N) is 2.